The number of carboxylic acid groups (broad SMARTS) is 1. The van der Waals surface area contributed by atoms with Crippen LogP contribution in [-0.2, 0) is 16.0 Å². The minimum absolute atomic E-state index is 0.0987. The van der Waals surface area contributed by atoms with E-state index >= 15 is 0 Å². The number of hydrogen-bond donors (Lipinski definition) is 3. The van der Waals surface area contributed by atoms with Gasteiger partial charge in [-0.05, 0) is 65.6 Å². The number of nitrogens with two attached hydrogens (primary N) is 1. The number of urea groups is 1. The van der Waals surface area contributed by atoms with Crippen molar-refractivity contribution in [2.45, 2.75) is 12.8 Å². The number of aliphatic carboxylic acids is 1. The van der Waals surface area contributed by atoms with Crippen molar-refractivity contribution in [2.24, 2.45) is 5.73 Å². The number of amides is 3. The van der Waals surface area contributed by atoms with Crippen molar-refractivity contribution in [1.82, 2.24) is 5.32 Å². The Kier molecular flexibility index (Phi) is 8.66. The summed E-state index contributed by atoms with van der Waals surface area (Å²) in [6, 6.07) is 18.1. The van der Waals surface area contributed by atoms with E-state index in [1.165, 1.54) is 14.2 Å². The van der Waals surface area contributed by atoms with Gasteiger partial charge in [0.05, 0.1) is 19.8 Å². The number of nitrogens with one attached hydrogen (secondary N) is 1. The summed E-state index contributed by atoms with van der Waals surface area (Å²) >= 11 is 0. The maximum atomic E-state index is 12.0. The zero-order valence-corrected chi connectivity index (χ0v) is 19.8. The van der Waals surface area contributed by atoms with Crippen LogP contribution in [0.25, 0.3) is 11.6 Å². The minimum atomic E-state index is -1.08. The normalized spacial score (nSPS) is 10.9. The summed E-state index contributed by atoms with van der Waals surface area (Å²) < 4.78 is 16.4. The summed E-state index contributed by atoms with van der Waals surface area (Å²) in [5, 5.41) is 11.8. The number of primary amides is 1. The van der Waals surface area contributed by atoms with E-state index in [9.17, 15) is 19.5 Å². The number of imide groups is 1. The number of ether oxygens (including phenoxy) is 3. The average Bonchev–Trinajstić information content (AvgIpc) is 2.86. The lowest BCUT2D eigenvalue weighted by atomic mass is 10.0. The number of methoxy groups -OCH3 is 2. The highest BCUT2D eigenvalue weighted by Gasteiger charge is 2.12. The standard InChI is InChI=1S/C27H26N2O7/c1-34-22-13-18(14-23(16-22)35-2)15-24(26(31)32)19-6-10-21(11-7-19)36-20-8-3-17(4-9-20)5-12-25(30)29-27(28)33/h3-4,6-11,13-16H,5,12H2,1-2H3,(H,31,32)(H3,28,29,30,33)/b24-15+. The van der Waals surface area contributed by atoms with Crippen LogP contribution < -0.4 is 25.3 Å². The van der Waals surface area contributed by atoms with Gasteiger partial charge >= 0.3 is 12.0 Å². The molecule has 0 atom stereocenters. The molecule has 3 aromatic carbocycles. The summed E-state index contributed by atoms with van der Waals surface area (Å²) in [6.07, 6.45) is 2.12. The molecule has 3 aromatic rings. The van der Waals surface area contributed by atoms with Gasteiger partial charge < -0.3 is 25.1 Å². The minimum Gasteiger partial charge on any atom is -0.497 e. The average molecular weight is 491 g/mol. The molecule has 0 bridgehead atoms. The second-order valence-corrected chi connectivity index (χ2v) is 7.69. The van der Waals surface area contributed by atoms with Crippen molar-refractivity contribution in [3.05, 3.63) is 83.4 Å². The first-order valence-corrected chi connectivity index (χ1v) is 10.9. The van der Waals surface area contributed by atoms with Crippen LogP contribution >= 0.6 is 0 Å². The second kappa shape index (κ2) is 12.1. The molecule has 9 nitrogen and oxygen atoms in total. The lowest BCUT2D eigenvalue weighted by Gasteiger charge is -2.10. The van der Waals surface area contributed by atoms with Crippen molar-refractivity contribution in [3.63, 3.8) is 0 Å². The van der Waals surface area contributed by atoms with Crippen molar-refractivity contribution < 1.29 is 33.7 Å². The van der Waals surface area contributed by atoms with Crippen LogP contribution in [0.5, 0.6) is 23.0 Å². The predicted octanol–water partition coefficient (Wildman–Crippen LogP) is 4.25. The highest BCUT2D eigenvalue weighted by atomic mass is 16.5. The number of hydrogen-bond acceptors (Lipinski definition) is 6. The van der Waals surface area contributed by atoms with Gasteiger partial charge in [-0.15, -0.1) is 0 Å². The van der Waals surface area contributed by atoms with Crippen LogP contribution in [0.15, 0.2) is 66.7 Å². The van der Waals surface area contributed by atoms with Crippen molar-refractivity contribution in [2.75, 3.05) is 14.2 Å². The van der Waals surface area contributed by atoms with E-state index in [-0.39, 0.29) is 12.0 Å². The molecule has 0 radical (unpaired) electrons. The molecule has 0 aliphatic carbocycles. The van der Waals surface area contributed by atoms with Gasteiger partial charge in [-0.3, -0.25) is 10.1 Å². The quantitative estimate of drug-likeness (QED) is 0.285. The Morgan fingerprint density at radius 1 is 0.861 bits per heavy atom. The molecule has 0 aliphatic rings. The molecule has 3 rings (SSSR count). The first-order chi connectivity index (χ1) is 17.3. The van der Waals surface area contributed by atoms with E-state index in [0.29, 0.717) is 40.5 Å². The maximum Gasteiger partial charge on any atom is 0.336 e. The van der Waals surface area contributed by atoms with E-state index < -0.39 is 17.9 Å². The van der Waals surface area contributed by atoms with Gasteiger partial charge in [-0.25, -0.2) is 9.59 Å². The van der Waals surface area contributed by atoms with Crippen LogP contribution in [0.2, 0.25) is 0 Å². The second-order valence-electron chi connectivity index (χ2n) is 7.69. The van der Waals surface area contributed by atoms with E-state index in [4.69, 9.17) is 19.9 Å². The fourth-order valence-corrected chi connectivity index (χ4v) is 3.37. The van der Waals surface area contributed by atoms with Crippen LogP contribution in [0.3, 0.4) is 0 Å². The Bertz CT molecular complexity index is 1240. The third kappa shape index (κ3) is 7.36. The summed E-state index contributed by atoms with van der Waals surface area (Å²) in [4.78, 5) is 34.2. The van der Waals surface area contributed by atoms with Gasteiger partial charge in [-0.1, -0.05) is 24.3 Å². The molecular formula is C27H26N2O7. The fraction of sp³-hybridized carbons (Fsp3) is 0.148. The van der Waals surface area contributed by atoms with Crippen LogP contribution in [0, 0.1) is 0 Å². The zero-order chi connectivity index (χ0) is 26.1. The highest BCUT2D eigenvalue weighted by molar-refractivity contribution is 6.20. The van der Waals surface area contributed by atoms with Crippen molar-refractivity contribution in [3.8, 4) is 23.0 Å². The molecule has 0 saturated carbocycles. The highest BCUT2D eigenvalue weighted by Crippen LogP contribution is 2.28. The fourth-order valence-electron chi connectivity index (χ4n) is 3.37. The summed E-state index contributed by atoms with van der Waals surface area (Å²) in [7, 11) is 3.05. The van der Waals surface area contributed by atoms with E-state index in [2.05, 4.69) is 0 Å². The SMILES string of the molecule is COc1cc(/C=C(/C(=O)O)c2ccc(Oc3ccc(CCC(=O)NC(N)=O)cc3)cc2)cc(OC)c1. The topological polar surface area (TPSA) is 137 Å². The third-order valence-electron chi connectivity index (χ3n) is 5.14. The number of carbonyl (C=O) groups excluding carboxylic acids is 2. The van der Waals surface area contributed by atoms with Gasteiger partial charge in [0.25, 0.3) is 0 Å². The molecule has 36 heavy (non-hydrogen) atoms. The molecule has 0 aromatic heterocycles. The first-order valence-electron chi connectivity index (χ1n) is 10.9. The van der Waals surface area contributed by atoms with Crippen LogP contribution in [0.4, 0.5) is 4.79 Å². The number of rotatable bonds is 10. The smallest absolute Gasteiger partial charge is 0.336 e. The molecule has 3 amide bonds. The first kappa shape index (κ1) is 25.8. The number of benzene rings is 3. The molecule has 4 N–H and O–H groups in total. The van der Waals surface area contributed by atoms with Gasteiger partial charge in [0.2, 0.25) is 5.91 Å². The molecule has 0 saturated heterocycles. The molecule has 9 heteroatoms. The van der Waals surface area contributed by atoms with Crippen molar-refractivity contribution in [1.29, 1.82) is 0 Å². The van der Waals surface area contributed by atoms with Gasteiger partial charge in [0.15, 0.2) is 0 Å². The zero-order valence-electron chi connectivity index (χ0n) is 19.8. The molecular weight excluding hydrogens is 464 g/mol. The summed E-state index contributed by atoms with van der Waals surface area (Å²) in [5.41, 5.74) is 7.04. The van der Waals surface area contributed by atoms with E-state index in [1.54, 1.807) is 60.7 Å². The number of carbonyl (C=O) groups is 3. The Morgan fingerprint density at radius 3 is 1.92 bits per heavy atom. The van der Waals surface area contributed by atoms with Crippen LogP contribution in [0.1, 0.15) is 23.1 Å². The van der Waals surface area contributed by atoms with Gasteiger partial charge in [0, 0.05) is 12.5 Å². The molecule has 0 spiro atoms. The lowest BCUT2D eigenvalue weighted by molar-refractivity contribution is -0.130. The molecule has 0 fully saturated rings. The van der Waals surface area contributed by atoms with E-state index in [0.717, 1.165) is 5.56 Å². The molecule has 0 unspecified atom stereocenters. The third-order valence-corrected chi connectivity index (χ3v) is 5.14. The molecule has 186 valence electrons. The predicted molar refractivity (Wildman–Crippen MR) is 134 cm³/mol. The summed E-state index contributed by atoms with van der Waals surface area (Å²) in [6.45, 7) is 0. The Morgan fingerprint density at radius 2 is 1.42 bits per heavy atom. The van der Waals surface area contributed by atoms with Crippen molar-refractivity contribution >= 4 is 29.6 Å². The van der Waals surface area contributed by atoms with Gasteiger partial charge in [0.1, 0.15) is 23.0 Å². The monoisotopic (exact) mass is 490 g/mol. The van der Waals surface area contributed by atoms with E-state index in [1.807, 2.05) is 17.4 Å². The molecule has 0 aliphatic heterocycles. The van der Waals surface area contributed by atoms with Gasteiger partial charge in [-0.2, -0.15) is 0 Å². The number of aryl methyl sites for hydroxylation is 1. The van der Waals surface area contributed by atoms with Crippen LogP contribution in [-0.4, -0.2) is 37.2 Å². The maximum absolute atomic E-state index is 12.0. The largest absolute Gasteiger partial charge is 0.497 e. The Balaban J connectivity index is 1.70. The summed E-state index contributed by atoms with van der Waals surface area (Å²) in [5.74, 6) is 0.683. The lowest BCUT2D eigenvalue weighted by Crippen LogP contribution is -2.35. The molecule has 0 heterocycles. The Labute approximate surface area is 208 Å². The Hall–Kier alpha value is -4.79. The number of carboxylic acids is 1.